The molecule has 2 N–H and O–H groups in total. The lowest BCUT2D eigenvalue weighted by molar-refractivity contribution is -0.114. The standard InChI is InChI=1S/C19H24N4O2/c1-14(16-4-3-5-17(12-16)22-15(2)24)21-19-7-6-18(13-20-19)23-8-10-25-11-9-23/h3-7,12-14H,8-11H2,1-2H3,(H,20,21)(H,22,24)/t14-/m1/s1. The van der Waals surface area contributed by atoms with Gasteiger partial charge in [-0.2, -0.15) is 0 Å². The van der Waals surface area contributed by atoms with Crippen molar-refractivity contribution in [3.8, 4) is 0 Å². The average Bonchev–Trinajstić information content (AvgIpc) is 2.63. The van der Waals surface area contributed by atoms with Crippen LogP contribution in [0.3, 0.4) is 0 Å². The van der Waals surface area contributed by atoms with Crippen LogP contribution >= 0.6 is 0 Å². The molecule has 1 fully saturated rings. The Labute approximate surface area is 148 Å². The molecular weight excluding hydrogens is 316 g/mol. The summed E-state index contributed by atoms with van der Waals surface area (Å²) in [6, 6.07) is 12.0. The van der Waals surface area contributed by atoms with E-state index in [4.69, 9.17) is 4.74 Å². The van der Waals surface area contributed by atoms with Gasteiger partial charge >= 0.3 is 0 Å². The van der Waals surface area contributed by atoms with Crippen LogP contribution in [0.1, 0.15) is 25.5 Å². The van der Waals surface area contributed by atoms with Gasteiger partial charge < -0.3 is 20.3 Å². The summed E-state index contributed by atoms with van der Waals surface area (Å²) in [5.74, 6) is 0.757. The zero-order chi connectivity index (χ0) is 17.6. The highest BCUT2D eigenvalue weighted by molar-refractivity contribution is 5.88. The first-order valence-electron chi connectivity index (χ1n) is 8.54. The molecule has 6 heteroatoms. The monoisotopic (exact) mass is 340 g/mol. The Bertz CT molecular complexity index is 712. The second-order valence-corrected chi connectivity index (χ2v) is 6.17. The Hall–Kier alpha value is -2.60. The van der Waals surface area contributed by atoms with Gasteiger partial charge in [-0.15, -0.1) is 0 Å². The Morgan fingerprint density at radius 2 is 2.04 bits per heavy atom. The molecule has 0 spiro atoms. The third kappa shape index (κ3) is 4.70. The fourth-order valence-corrected chi connectivity index (χ4v) is 2.87. The number of nitrogens with one attached hydrogen (secondary N) is 2. The number of rotatable bonds is 5. The normalized spacial score (nSPS) is 15.5. The number of hydrogen-bond acceptors (Lipinski definition) is 5. The van der Waals surface area contributed by atoms with Crippen molar-refractivity contribution in [2.75, 3.05) is 41.8 Å². The topological polar surface area (TPSA) is 66.5 Å². The summed E-state index contributed by atoms with van der Waals surface area (Å²) < 4.78 is 5.38. The minimum atomic E-state index is -0.0712. The predicted octanol–water partition coefficient (Wildman–Crippen LogP) is 3.05. The van der Waals surface area contributed by atoms with Crippen molar-refractivity contribution in [1.82, 2.24) is 4.98 Å². The number of ether oxygens (including phenoxy) is 1. The molecule has 1 atom stereocenters. The summed E-state index contributed by atoms with van der Waals surface area (Å²) in [5.41, 5.74) is 3.01. The highest BCUT2D eigenvalue weighted by Crippen LogP contribution is 2.22. The molecule has 2 heterocycles. The molecule has 1 aliphatic rings. The van der Waals surface area contributed by atoms with Gasteiger partial charge in [0.1, 0.15) is 5.82 Å². The van der Waals surface area contributed by atoms with Gasteiger partial charge in [-0.1, -0.05) is 12.1 Å². The smallest absolute Gasteiger partial charge is 0.221 e. The lowest BCUT2D eigenvalue weighted by atomic mass is 10.1. The van der Waals surface area contributed by atoms with Crippen LogP contribution in [0.4, 0.5) is 17.2 Å². The van der Waals surface area contributed by atoms with Crippen molar-refractivity contribution in [2.45, 2.75) is 19.9 Å². The van der Waals surface area contributed by atoms with Crippen molar-refractivity contribution in [2.24, 2.45) is 0 Å². The van der Waals surface area contributed by atoms with E-state index < -0.39 is 0 Å². The molecule has 25 heavy (non-hydrogen) atoms. The van der Waals surface area contributed by atoms with E-state index in [9.17, 15) is 4.79 Å². The molecule has 2 aromatic rings. The number of carbonyl (C=O) groups excluding carboxylic acids is 1. The first kappa shape index (κ1) is 17.2. The van der Waals surface area contributed by atoms with Crippen molar-refractivity contribution < 1.29 is 9.53 Å². The number of hydrogen-bond donors (Lipinski definition) is 2. The van der Waals surface area contributed by atoms with Crippen LogP contribution in [0, 0.1) is 0 Å². The zero-order valence-corrected chi connectivity index (χ0v) is 14.7. The first-order valence-corrected chi connectivity index (χ1v) is 8.54. The quantitative estimate of drug-likeness (QED) is 0.876. The number of carbonyl (C=O) groups is 1. The maximum absolute atomic E-state index is 11.2. The third-order valence-electron chi connectivity index (χ3n) is 4.20. The second-order valence-electron chi connectivity index (χ2n) is 6.17. The number of anilines is 3. The van der Waals surface area contributed by atoms with Crippen LogP contribution in [0.15, 0.2) is 42.6 Å². The summed E-state index contributed by atoms with van der Waals surface area (Å²) in [7, 11) is 0. The fourth-order valence-electron chi connectivity index (χ4n) is 2.87. The molecule has 1 aromatic heterocycles. The van der Waals surface area contributed by atoms with Gasteiger partial charge in [0.25, 0.3) is 0 Å². The molecule has 0 aliphatic carbocycles. The molecular formula is C19H24N4O2. The lowest BCUT2D eigenvalue weighted by Crippen LogP contribution is -2.36. The summed E-state index contributed by atoms with van der Waals surface area (Å²) >= 11 is 0. The van der Waals surface area contributed by atoms with Crippen LogP contribution in [-0.4, -0.2) is 37.2 Å². The summed E-state index contributed by atoms with van der Waals surface area (Å²) in [6.45, 7) is 6.92. The molecule has 6 nitrogen and oxygen atoms in total. The van der Waals surface area contributed by atoms with Crippen LogP contribution < -0.4 is 15.5 Å². The van der Waals surface area contributed by atoms with E-state index in [-0.39, 0.29) is 11.9 Å². The molecule has 1 aromatic carbocycles. The number of pyridine rings is 1. The van der Waals surface area contributed by atoms with Gasteiger partial charge in [-0.25, -0.2) is 4.98 Å². The highest BCUT2D eigenvalue weighted by atomic mass is 16.5. The van der Waals surface area contributed by atoms with E-state index in [1.807, 2.05) is 36.5 Å². The summed E-state index contributed by atoms with van der Waals surface area (Å²) in [5, 5.41) is 6.21. The van der Waals surface area contributed by atoms with Crippen LogP contribution in [0.5, 0.6) is 0 Å². The number of morpholine rings is 1. The SMILES string of the molecule is CC(=O)Nc1cccc([C@@H](C)Nc2ccc(N3CCOCC3)cn2)c1. The fraction of sp³-hybridized carbons (Fsp3) is 0.368. The summed E-state index contributed by atoms with van der Waals surface area (Å²) in [4.78, 5) is 18.0. The van der Waals surface area contributed by atoms with E-state index in [1.165, 1.54) is 6.92 Å². The van der Waals surface area contributed by atoms with E-state index >= 15 is 0 Å². The van der Waals surface area contributed by atoms with E-state index in [1.54, 1.807) is 0 Å². The Balaban J connectivity index is 1.64. The Morgan fingerprint density at radius 3 is 2.72 bits per heavy atom. The highest BCUT2D eigenvalue weighted by Gasteiger charge is 2.12. The van der Waals surface area contributed by atoms with Crippen molar-refractivity contribution in [3.63, 3.8) is 0 Å². The van der Waals surface area contributed by atoms with Crippen LogP contribution in [0.2, 0.25) is 0 Å². The lowest BCUT2D eigenvalue weighted by Gasteiger charge is -2.28. The molecule has 1 amide bonds. The molecule has 3 rings (SSSR count). The van der Waals surface area contributed by atoms with E-state index in [2.05, 4.69) is 33.5 Å². The number of aromatic nitrogens is 1. The first-order chi connectivity index (χ1) is 12.1. The number of amides is 1. The van der Waals surface area contributed by atoms with Gasteiger partial charge in [-0.05, 0) is 36.8 Å². The minimum absolute atomic E-state index is 0.0712. The molecule has 0 saturated carbocycles. The van der Waals surface area contributed by atoms with Crippen molar-refractivity contribution in [1.29, 1.82) is 0 Å². The Morgan fingerprint density at radius 1 is 1.24 bits per heavy atom. The molecule has 1 aliphatic heterocycles. The van der Waals surface area contributed by atoms with Crippen molar-refractivity contribution >= 4 is 23.1 Å². The zero-order valence-electron chi connectivity index (χ0n) is 14.7. The van der Waals surface area contributed by atoms with E-state index in [0.29, 0.717) is 0 Å². The molecule has 0 bridgehead atoms. The molecule has 132 valence electrons. The van der Waals surface area contributed by atoms with Gasteiger partial charge in [0.05, 0.1) is 31.1 Å². The third-order valence-corrected chi connectivity index (χ3v) is 4.20. The maximum Gasteiger partial charge on any atom is 0.221 e. The van der Waals surface area contributed by atoms with E-state index in [0.717, 1.165) is 49.1 Å². The maximum atomic E-state index is 11.2. The second kappa shape index (κ2) is 7.98. The van der Waals surface area contributed by atoms with Gasteiger partial charge in [-0.3, -0.25) is 4.79 Å². The summed E-state index contributed by atoms with van der Waals surface area (Å²) in [6.07, 6.45) is 1.90. The molecule has 1 saturated heterocycles. The largest absolute Gasteiger partial charge is 0.378 e. The Kier molecular flexibility index (Phi) is 5.50. The van der Waals surface area contributed by atoms with Gasteiger partial charge in [0.15, 0.2) is 0 Å². The predicted molar refractivity (Wildman–Crippen MR) is 100 cm³/mol. The van der Waals surface area contributed by atoms with Crippen LogP contribution in [0.25, 0.3) is 0 Å². The average molecular weight is 340 g/mol. The van der Waals surface area contributed by atoms with Crippen LogP contribution in [-0.2, 0) is 9.53 Å². The number of benzene rings is 1. The molecule has 0 radical (unpaired) electrons. The minimum Gasteiger partial charge on any atom is -0.378 e. The van der Waals surface area contributed by atoms with Gasteiger partial charge in [0, 0.05) is 25.7 Å². The molecule has 0 unspecified atom stereocenters. The van der Waals surface area contributed by atoms with Gasteiger partial charge in [0.2, 0.25) is 5.91 Å². The van der Waals surface area contributed by atoms with Crippen molar-refractivity contribution in [3.05, 3.63) is 48.2 Å². The number of nitrogens with zero attached hydrogens (tertiary/aromatic N) is 2.